The Morgan fingerprint density at radius 1 is 1.33 bits per heavy atom. The van der Waals surface area contributed by atoms with E-state index >= 15 is 0 Å². The molecule has 1 rings (SSSR count). The van der Waals surface area contributed by atoms with Gasteiger partial charge in [0, 0.05) is 5.71 Å². The molecule has 7 heteroatoms. The van der Waals surface area contributed by atoms with E-state index in [0.29, 0.717) is 23.0 Å². The molecular formula is C14H18ClN3O3. The first-order chi connectivity index (χ1) is 10.0. The van der Waals surface area contributed by atoms with Crippen LogP contribution in [-0.4, -0.2) is 30.7 Å². The van der Waals surface area contributed by atoms with Gasteiger partial charge < -0.3 is 10.1 Å². The fourth-order valence-corrected chi connectivity index (χ4v) is 1.64. The molecule has 1 amide bonds. The third kappa shape index (κ3) is 6.76. The van der Waals surface area contributed by atoms with Gasteiger partial charge >= 0.3 is 5.97 Å². The predicted molar refractivity (Wildman–Crippen MR) is 82.4 cm³/mol. The number of para-hydroxylation sites is 1. The molecule has 21 heavy (non-hydrogen) atoms. The van der Waals surface area contributed by atoms with Crippen molar-refractivity contribution < 1.29 is 14.3 Å². The lowest BCUT2D eigenvalue weighted by Crippen LogP contribution is -2.27. The molecule has 1 aromatic rings. The third-order valence-electron chi connectivity index (χ3n) is 2.39. The molecule has 0 aliphatic rings. The Morgan fingerprint density at radius 3 is 2.71 bits per heavy atom. The Morgan fingerprint density at radius 2 is 2.05 bits per heavy atom. The van der Waals surface area contributed by atoms with Gasteiger partial charge in [-0.3, -0.25) is 9.59 Å². The van der Waals surface area contributed by atoms with Crippen LogP contribution in [0.4, 0.5) is 5.69 Å². The number of amides is 1. The summed E-state index contributed by atoms with van der Waals surface area (Å²) in [4.78, 5) is 22.8. The molecule has 2 N–H and O–H groups in total. The smallest absolute Gasteiger partial charge is 0.311 e. The molecule has 0 heterocycles. The first-order valence-corrected chi connectivity index (χ1v) is 6.86. The molecule has 0 aliphatic carbocycles. The van der Waals surface area contributed by atoms with Crippen LogP contribution in [0, 0.1) is 0 Å². The fourth-order valence-electron chi connectivity index (χ4n) is 1.44. The molecule has 0 spiro atoms. The lowest BCUT2D eigenvalue weighted by Gasteiger charge is -2.07. The molecule has 0 radical (unpaired) electrons. The highest BCUT2D eigenvalue weighted by Gasteiger charge is 2.06. The average molecular weight is 312 g/mol. The summed E-state index contributed by atoms with van der Waals surface area (Å²) in [5, 5.41) is 7.25. The van der Waals surface area contributed by atoms with E-state index < -0.39 is 0 Å². The van der Waals surface area contributed by atoms with Crippen LogP contribution in [0.2, 0.25) is 5.02 Å². The van der Waals surface area contributed by atoms with Crippen molar-refractivity contribution in [2.45, 2.75) is 20.3 Å². The van der Waals surface area contributed by atoms with Crippen LogP contribution >= 0.6 is 11.6 Å². The van der Waals surface area contributed by atoms with Crippen molar-refractivity contribution in [3.8, 4) is 0 Å². The number of nitrogens with zero attached hydrogens (tertiary/aromatic N) is 1. The molecule has 6 nitrogen and oxygen atoms in total. The SMILES string of the molecule is CCOC(=O)CC(C)=NNC(=O)CNc1ccccc1Cl. The number of anilines is 1. The van der Waals surface area contributed by atoms with Crippen molar-refractivity contribution >= 4 is 34.9 Å². The molecule has 0 fully saturated rings. The van der Waals surface area contributed by atoms with Gasteiger partial charge in [0.05, 0.1) is 30.3 Å². The zero-order valence-corrected chi connectivity index (χ0v) is 12.7. The van der Waals surface area contributed by atoms with Gasteiger partial charge in [-0.05, 0) is 26.0 Å². The van der Waals surface area contributed by atoms with Crippen molar-refractivity contribution in [2.75, 3.05) is 18.5 Å². The number of carbonyl (C=O) groups excluding carboxylic acids is 2. The van der Waals surface area contributed by atoms with E-state index in [2.05, 4.69) is 15.8 Å². The van der Waals surface area contributed by atoms with Gasteiger partial charge in [0.2, 0.25) is 0 Å². The number of hydrogen-bond acceptors (Lipinski definition) is 5. The standard InChI is InChI=1S/C14H18ClN3O3/c1-3-21-14(20)8-10(2)17-18-13(19)9-16-12-7-5-4-6-11(12)15/h4-7,16H,3,8-9H2,1-2H3,(H,18,19). The fraction of sp³-hybridized carbons (Fsp3) is 0.357. The van der Waals surface area contributed by atoms with E-state index in [1.807, 2.05) is 6.07 Å². The second-order valence-electron chi connectivity index (χ2n) is 4.20. The lowest BCUT2D eigenvalue weighted by molar-refractivity contribution is -0.141. The number of ether oxygens (including phenoxy) is 1. The molecule has 0 aliphatic heterocycles. The van der Waals surface area contributed by atoms with Crippen LogP contribution in [0.5, 0.6) is 0 Å². The number of halogens is 1. The predicted octanol–water partition coefficient (Wildman–Crippen LogP) is 2.20. The Hall–Kier alpha value is -2.08. The molecule has 114 valence electrons. The van der Waals surface area contributed by atoms with Gasteiger partial charge in [0.1, 0.15) is 0 Å². The minimum absolute atomic E-state index is 0.0277. The van der Waals surface area contributed by atoms with E-state index in [4.69, 9.17) is 16.3 Å². The van der Waals surface area contributed by atoms with Crippen molar-refractivity contribution in [3.05, 3.63) is 29.3 Å². The molecule has 0 aromatic heterocycles. The zero-order valence-electron chi connectivity index (χ0n) is 12.0. The lowest BCUT2D eigenvalue weighted by atomic mass is 10.3. The number of rotatable bonds is 7. The van der Waals surface area contributed by atoms with E-state index in [-0.39, 0.29) is 24.8 Å². The largest absolute Gasteiger partial charge is 0.466 e. The summed E-state index contributed by atoms with van der Waals surface area (Å²) in [7, 11) is 0. The highest BCUT2D eigenvalue weighted by molar-refractivity contribution is 6.33. The van der Waals surface area contributed by atoms with Crippen LogP contribution in [0.1, 0.15) is 20.3 Å². The number of carbonyl (C=O) groups is 2. The topological polar surface area (TPSA) is 79.8 Å². The van der Waals surface area contributed by atoms with Gasteiger partial charge in [-0.1, -0.05) is 23.7 Å². The quantitative estimate of drug-likeness (QED) is 0.459. The highest BCUT2D eigenvalue weighted by Crippen LogP contribution is 2.19. The molecule has 0 saturated heterocycles. The number of benzene rings is 1. The highest BCUT2D eigenvalue weighted by atomic mass is 35.5. The third-order valence-corrected chi connectivity index (χ3v) is 2.72. The zero-order chi connectivity index (χ0) is 15.7. The van der Waals surface area contributed by atoms with E-state index in [1.165, 1.54) is 0 Å². The summed E-state index contributed by atoms with van der Waals surface area (Å²) < 4.78 is 4.78. The number of esters is 1. The van der Waals surface area contributed by atoms with Gasteiger partial charge in [-0.25, -0.2) is 5.43 Å². The minimum Gasteiger partial charge on any atom is -0.466 e. The minimum atomic E-state index is -0.373. The number of hydrazone groups is 1. The summed E-state index contributed by atoms with van der Waals surface area (Å²) in [5.41, 5.74) is 3.50. The second kappa shape index (κ2) is 8.97. The van der Waals surface area contributed by atoms with E-state index in [9.17, 15) is 9.59 Å². The van der Waals surface area contributed by atoms with E-state index in [0.717, 1.165) is 0 Å². The van der Waals surface area contributed by atoms with Crippen molar-refractivity contribution in [1.82, 2.24) is 5.43 Å². The molecule has 1 aromatic carbocycles. The Labute approximate surface area is 128 Å². The van der Waals surface area contributed by atoms with Crippen LogP contribution in [0.3, 0.4) is 0 Å². The van der Waals surface area contributed by atoms with Crippen molar-refractivity contribution in [3.63, 3.8) is 0 Å². The van der Waals surface area contributed by atoms with Crippen molar-refractivity contribution in [2.24, 2.45) is 5.10 Å². The maximum atomic E-state index is 11.6. The summed E-state index contributed by atoms with van der Waals surface area (Å²) in [5.74, 6) is -0.708. The summed E-state index contributed by atoms with van der Waals surface area (Å²) in [6.07, 6.45) is 0.0477. The van der Waals surface area contributed by atoms with Crippen LogP contribution in [0.15, 0.2) is 29.4 Å². The summed E-state index contributed by atoms with van der Waals surface area (Å²) in [6, 6.07) is 7.11. The maximum absolute atomic E-state index is 11.6. The molecular weight excluding hydrogens is 294 g/mol. The Balaban J connectivity index is 2.37. The van der Waals surface area contributed by atoms with Gasteiger partial charge in [-0.15, -0.1) is 0 Å². The van der Waals surface area contributed by atoms with Crippen molar-refractivity contribution in [1.29, 1.82) is 0 Å². The second-order valence-corrected chi connectivity index (χ2v) is 4.60. The summed E-state index contributed by atoms with van der Waals surface area (Å²) >= 11 is 5.95. The maximum Gasteiger partial charge on any atom is 0.311 e. The van der Waals surface area contributed by atoms with Crippen LogP contribution < -0.4 is 10.7 Å². The summed E-state index contributed by atoms with van der Waals surface area (Å²) in [6.45, 7) is 3.71. The van der Waals surface area contributed by atoms with Crippen LogP contribution in [0.25, 0.3) is 0 Å². The molecule has 0 bridgehead atoms. The average Bonchev–Trinajstić information content (AvgIpc) is 2.44. The number of nitrogens with one attached hydrogen (secondary N) is 2. The van der Waals surface area contributed by atoms with E-state index in [1.54, 1.807) is 32.0 Å². The van der Waals surface area contributed by atoms with Crippen LogP contribution in [-0.2, 0) is 14.3 Å². The Kier molecular flexibility index (Phi) is 7.25. The first-order valence-electron chi connectivity index (χ1n) is 6.49. The molecule has 0 unspecified atom stereocenters. The Bertz CT molecular complexity index is 532. The monoisotopic (exact) mass is 311 g/mol. The first kappa shape index (κ1) is 17.0. The normalized spacial score (nSPS) is 10.9. The molecule has 0 atom stereocenters. The number of hydrogen-bond donors (Lipinski definition) is 2. The van der Waals surface area contributed by atoms with Gasteiger partial charge in [0.25, 0.3) is 5.91 Å². The van der Waals surface area contributed by atoms with Gasteiger partial charge in [-0.2, -0.15) is 5.10 Å². The molecule has 0 saturated carbocycles. The van der Waals surface area contributed by atoms with Gasteiger partial charge in [0.15, 0.2) is 0 Å².